The van der Waals surface area contributed by atoms with Crippen LogP contribution >= 0.6 is 0 Å². The normalized spacial score (nSPS) is 11.8. The molecule has 0 atom stereocenters. The lowest BCUT2D eigenvalue weighted by Gasteiger charge is -2.15. The molecule has 298 valence electrons. The van der Waals surface area contributed by atoms with E-state index in [1.807, 2.05) is 0 Å². The number of para-hydroxylation sites is 3. The Balaban J connectivity index is 0.966. The molecular weight excluding hydrogens is 773 g/mol. The summed E-state index contributed by atoms with van der Waals surface area (Å²) in [6, 6.07) is 89.1. The van der Waals surface area contributed by atoms with Gasteiger partial charge in [0.15, 0.2) is 0 Å². The van der Waals surface area contributed by atoms with Gasteiger partial charge in [-0.15, -0.1) is 0 Å². The SMILES string of the molecule is c1ccc(-n2c3ccccc3c3c(-c4ccc(-c5ccccc5-n5c6ccc(-c7ccc8ccccc8c7)cc6c6cc(-c7ccc8ccccc8c7)ccc65)cc4)cccc32)cc1. The summed E-state index contributed by atoms with van der Waals surface area (Å²) in [6.45, 7) is 0. The quantitative estimate of drug-likeness (QED) is 0.158. The van der Waals surface area contributed by atoms with Crippen molar-refractivity contribution >= 4 is 65.2 Å². The van der Waals surface area contributed by atoms with E-state index in [1.165, 1.54) is 110 Å². The summed E-state index contributed by atoms with van der Waals surface area (Å²) < 4.78 is 4.86. The fourth-order valence-corrected chi connectivity index (χ4v) is 10.2. The molecule has 13 aromatic rings. The van der Waals surface area contributed by atoms with E-state index < -0.39 is 0 Å². The molecule has 0 spiro atoms. The van der Waals surface area contributed by atoms with Crippen molar-refractivity contribution < 1.29 is 0 Å². The van der Waals surface area contributed by atoms with Gasteiger partial charge in [0.1, 0.15) is 0 Å². The Labute approximate surface area is 371 Å². The van der Waals surface area contributed by atoms with Crippen LogP contribution in [-0.4, -0.2) is 9.13 Å². The fraction of sp³-hybridized carbons (Fsp3) is 0. The molecule has 0 bridgehead atoms. The lowest BCUT2D eigenvalue weighted by atomic mass is 9.96. The van der Waals surface area contributed by atoms with Crippen molar-refractivity contribution in [2.45, 2.75) is 0 Å². The predicted molar refractivity (Wildman–Crippen MR) is 272 cm³/mol. The van der Waals surface area contributed by atoms with E-state index in [0.717, 1.165) is 11.4 Å². The van der Waals surface area contributed by atoms with Gasteiger partial charge in [-0.25, -0.2) is 0 Å². The Bertz CT molecular complexity index is 3810. The van der Waals surface area contributed by atoms with Gasteiger partial charge in [-0.1, -0.05) is 176 Å². The molecule has 2 nitrogen and oxygen atoms in total. The molecule has 0 N–H and O–H groups in total. The first-order valence-corrected chi connectivity index (χ1v) is 22.1. The zero-order valence-corrected chi connectivity index (χ0v) is 35.0. The van der Waals surface area contributed by atoms with Crippen LogP contribution in [0.3, 0.4) is 0 Å². The molecule has 13 rings (SSSR count). The van der Waals surface area contributed by atoms with Crippen molar-refractivity contribution in [3.8, 4) is 55.9 Å². The van der Waals surface area contributed by atoms with Crippen molar-refractivity contribution in [1.29, 1.82) is 0 Å². The van der Waals surface area contributed by atoms with Crippen LogP contribution < -0.4 is 0 Å². The van der Waals surface area contributed by atoms with Gasteiger partial charge in [-0.05, 0) is 127 Å². The molecule has 0 saturated carbocycles. The maximum Gasteiger partial charge on any atom is 0.0547 e. The molecule has 0 aliphatic rings. The van der Waals surface area contributed by atoms with Crippen LogP contribution in [0.5, 0.6) is 0 Å². The Morgan fingerprint density at radius 3 is 1.34 bits per heavy atom. The molecule has 0 saturated heterocycles. The minimum atomic E-state index is 1.15. The summed E-state index contributed by atoms with van der Waals surface area (Å²) in [4.78, 5) is 0. The van der Waals surface area contributed by atoms with Gasteiger partial charge < -0.3 is 9.13 Å². The molecule has 11 aromatic carbocycles. The van der Waals surface area contributed by atoms with E-state index in [1.54, 1.807) is 0 Å². The average Bonchev–Trinajstić information content (AvgIpc) is 3.88. The summed E-state index contributed by atoms with van der Waals surface area (Å²) in [7, 11) is 0. The molecule has 0 aliphatic heterocycles. The first kappa shape index (κ1) is 36.2. The highest BCUT2D eigenvalue weighted by Gasteiger charge is 2.19. The van der Waals surface area contributed by atoms with E-state index in [4.69, 9.17) is 0 Å². The number of nitrogens with zero attached hydrogens (tertiary/aromatic N) is 2. The smallest absolute Gasteiger partial charge is 0.0547 e. The summed E-state index contributed by atoms with van der Waals surface area (Å²) in [5.74, 6) is 0. The topological polar surface area (TPSA) is 9.86 Å². The third kappa shape index (κ3) is 5.81. The summed E-state index contributed by atoms with van der Waals surface area (Å²) in [6.07, 6.45) is 0. The third-order valence-corrected chi connectivity index (χ3v) is 13.3. The third-order valence-electron chi connectivity index (χ3n) is 13.3. The second-order valence-corrected chi connectivity index (χ2v) is 16.9. The van der Waals surface area contributed by atoms with Crippen LogP contribution in [-0.2, 0) is 0 Å². The van der Waals surface area contributed by atoms with Gasteiger partial charge in [0.05, 0.1) is 27.8 Å². The largest absolute Gasteiger partial charge is 0.309 e. The molecule has 2 heteroatoms. The summed E-state index contributed by atoms with van der Waals surface area (Å²) >= 11 is 0. The molecule has 0 amide bonds. The maximum absolute atomic E-state index is 2.47. The second-order valence-electron chi connectivity index (χ2n) is 16.9. The maximum atomic E-state index is 2.47. The molecular formula is C62H40N2. The van der Waals surface area contributed by atoms with Gasteiger partial charge >= 0.3 is 0 Å². The van der Waals surface area contributed by atoms with Crippen LogP contribution in [0.15, 0.2) is 243 Å². The molecule has 0 radical (unpaired) electrons. The van der Waals surface area contributed by atoms with Crippen molar-refractivity contribution in [2.24, 2.45) is 0 Å². The van der Waals surface area contributed by atoms with Gasteiger partial charge in [0.2, 0.25) is 0 Å². The molecule has 64 heavy (non-hydrogen) atoms. The van der Waals surface area contributed by atoms with Crippen LogP contribution in [0.2, 0.25) is 0 Å². The Kier molecular flexibility index (Phi) is 8.25. The number of rotatable bonds is 6. The van der Waals surface area contributed by atoms with E-state index in [-0.39, 0.29) is 0 Å². The van der Waals surface area contributed by atoms with Crippen molar-refractivity contribution in [2.75, 3.05) is 0 Å². The van der Waals surface area contributed by atoms with Gasteiger partial charge in [-0.3, -0.25) is 0 Å². The molecule has 0 unspecified atom stereocenters. The summed E-state index contributed by atoms with van der Waals surface area (Å²) in [5, 5.41) is 9.99. The van der Waals surface area contributed by atoms with E-state index in [2.05, 4.69) is 252 Å². The number of hydrogen-bond donors (Lipinski definition) is 0. The van der Waals surface area contributed by atoms with E-state index in [9.17, 15) is 0 Å². The van der Waals surface area contributed by atoms with E-state index >= 15 is 0 Å². The Hall–Kier alpha value is -8.46. The fourth-order valence-electron chi connectivity index (χ4n) is 10.2. The number of aromatic nitrogens is 2. The van der Waals surface area contributed by atoms with Crippen LogP contribution in [0.25, 0.3) is 121 Å². The highest BCUT2D eigenvalue weighted by atomic mass is 15.0. The number of fused-ring (bicyclic) bond motifs is 8. The van der Waals surface area contributed by atoms with Crippen molar-refractivity contribution in [3.63, 3.8) is 0 Å². The molecule has 2 aromatic heterocycles. The molecule has 2 heterocycles. The first-order chi connectivity index (χ1) is 31.7. The standard InChI is InChI=1S/C62H40N2/c1-2-17-51(18-3-1)63-58-23-11-9-20-54(58)62-53(21-12-24-61(62)63)44-29-27-43(28-30-44)52-19-8-10-22-57(52)64-59-35-33-49(47-31-25-41-13-4-6-15-45(41)37-47)39-55(59)56-40-50(34-36-60(56)64)48-32-26-42-14-5-7-16-46(42)38-48/h1-40H. The monoisotopic (exact) mass is 812 g/mol. The van der Waals surface area contributed by atoms with Crippen molar-refractivity contribution in [1.82, 2.24) is 9.13 Å². The van der Waals surface area contributed by atoms with Crippen LogP contribution in [0.1, 0.15) is 0 Å². The lowest BCUT2D eigenvalue weighted by molar-refractivity contribution is 1.18. The van der Waals surface area contributed by atoms with Crippen LogP contribution in [0.4, 0.5) is 0 Å². The number of hydrogen-bond acceptors (Lipinski definition) is 0. The van der Waals surface area contributed by atoms with Gasteiger partial charge in [0, 0.05) is 32.8 Å². The van der Waals surface area contributed by atoms with Gasteiger partial charge in [0.25, 0.3) is 0 Å². The molecule has 0 fully saturated rings. The zero-order valence-electron chi connectivity index (χ0n) is 35.0. The van der Waals surface area contributed by atoms with Crippen molar-refractivity contribution in [3.05, 3.63) is 243 Å². The first-order valence-electron chi connectivity index (χ1n) is 22.1. The highest BCUT2D eigenvalue weighted by Crippen LogP contribution is 2.42. The second kappa shape index (κ2) is 14.6. The molecule has 0 aliphatic carbocycles. The lowest BCUT2D eigenvalue weighted by Crippen LogP contribution is -1.97. The minimum absolute atomic E-state index is 1.15. The van der Waals surface area contributed by atoms with Crippen LogP contribution in [0, 0.1) is 0 Å². The highest BCUT2D eigenvalue weighted by molar-refractivity contribution is 6.16. The Morgan fingerprint density at radius 1 is 0.234 bits per heavy atom. The number of benzene rings is 11. The predicted octanol–water partition coefficient (Wildman–Crippen LogP) is 16.9. The minimum Gasteiger partial charge on any atom is -0.309 e. The zero-order chi connectivity index (χ0) is 42.1. The Morgan fingerprint density at radius 2 is 0.688 bits per heavy atom. The van der Waals surface area contributed by atoms with E-state index in [0.29, 0.717) is 0 Å². The average molecular weight is 813 g/mol. The van der Waals surface area contributed by atoms with Gasteiger partial charge in [-0.2, -0.15) is 0 Å². The summed E-state index contributed by atoms with van der Waals surface area (Å²) in [5.41, 5.74) is 16.7.